The Morgan fingerprint density at radius 1 is 1.13 bits per heavy atom. The number of rotatable bonds is 2. The van der Waals surface area contributed by atoms with E-state index >= 15 is 0 Å². The zero-order valence-corrected chi connectivity index (χ0v) is 12.9. The molecule has 0 fully saturated rings. The van der Waals surface area contributed by atoms with Crippen molar-refractivity contribution in [2.75, 3.05) is 13.7 Å². The molecule has 0 spiro atoms. The summed E-state index contributed by atoms with van der Waals surface area (Å²) in [7, 11) is 1.38. The molecule has 118 valence electrons. The first-order valence-electron chi connectivity index (χ1n) is 7.55. The van der Waals surface area contributed by atoms with Crippen LogP contribution in [0.2, 0.25) is 0 Å². The van der Waals surface area contributed by atoms with Gasteiger partial charge in [0.15, 0.2) is 0 Å². The second kappa shape index (κ2) is 6.65. The van der Waals surface area contributed by atoms with E-state index in [1.165, 1.54) is 24.8 Å². The molecule has 0 bridgehead atoms. The molecule has 0 saturated heterocycles. The molecular weight excluding hydrogens is 293 g/mol. The number of carbonyl (C=O) groups excluding carboxylic acids is 1. The van der Waals surface area contributed by atoms with Crippen LogP contribution in [0.4, 0.5) is 9.18 Å². The number of amides is 1. The average molecular weight is 311 g/mol. The van der Waals surface area contributed by atoms with Crippen LogP contribution in [0.1, 0.15) is 23.6 Å². The summed E-state index contributed by atoms with van der Waals surface area (Å²) in [6.45, 7) is 0.565. The maximum atomic E-state index is 13.2. The van der Waals surface area contributed by atoms with E-state index in [-0.39, 0.29) is 18.0 Å². The van der Waals surface area contributed by atoms with Crippen molar-refractivity contribution in [3.8, 4) is 0 Å². The van der Waals surface area contributed by atoms with Crippen molar-refractivity contribution in [1.29, 1.82) is 0 Å². The van der Waals surface area contributed by atoms with Gasteiger partial charge in [0, 0.05) is 6.54 Å². The fraction of sp³-hybridized carbons (Fsp3) is 0.211. The van der Waals surface area contributed by atoms with Crippen molar-refractivity contribution in [3.05, 3.63) is 77.6 Å². The van der Waals surface area contributed by atoms with Crippen LogP contribution in [0.3, 0.4) is 0 Å². The van der Waals surface area contributed by atoms with E-state index in [0.717, 1.165) is 17.5 Å². The number of methoxy groups -OCH3 is 1. The topological polar surface area (TPSA) is 29.5 Å². The molecule has 2 aromatic carbocycles. The van der Waals surface area contributed by atoms with Crippen LogP contribution >= 0.6 is 0 Å². The highest BCUT2D eigenvalue weighted by molar-refractivity contribution is 5.73. The largest absolute Gasteiger partial charge is 0.453 e. The Morgan fingerprint density at radius 3 is 2.48 bits per heavy atom. The number of ether oxygens (including phenoxy) is 1. The SMILES string of the molecule is COC(=O)N1CCC(c2ccccc2)=CC1c1ccc(F)cc1. The molecule has 1 aliphatic heterocycles. The predicted molar refractivity (Wildman–Crippen MR) is 87.3 cm³/mol. The third kappa shape index (κ3) is 3.26. The van der Waals surface area contributed by atoms with Crippen LogP contribution in [0.25, 0.3) is 5.57 Å². The van der Waals surface area contributed by atoms with Crippen molar-refractivity contribution < 1.29 is 13.9 Å². The van der Waals surface area contributed by atoms with Gasteiger partial charge in [0.25, 0.3) is 0 Å². The van der Waals surface area contributed by atoms with E-state index in [2.05, 4.69) is 18.2 Å². The molecule has 1 heterocycles. The van der Waals surface area contributed by atoms with Crippen LogP contribution < -0.4 is 0 Å². The van der Waals surface area contributed by atoms with Gasteiger partial charge in [0.05, 0.1) is 13.2 Å². The average Bonchev–Trinajstić information content (AvgIpc) is 2.62. The first-order chi connectivity index (χ1) is 11.2. The summed E-state index contributed by atoms with van der Waals surface area (Å²) in [5, 5.41) is 0. The lowest BCUT2D eigenvalue weighted by Gasteiger charge is -2.33. The first-order valence-corrected chi connectivity index (χ1v) is 7.55. The maximum absolute atomic E-state index is 13.2. The fourth-order valence-electron chi connectivity index (χ4n) is 2.89. The third-order valence-electron chi connectivity index (χ3n) is 4.08. The highest BCUT2D eigenvalue weighted by Crippen LogP contribution is 2.33. The van der Waals surface area contributed by atoms with Gasteiger partial charge in [0.1, 0.15) is 5.82 Å². The molecule has 0 aliphatic carbocycles. The first kappa shape index (κ1) is 15.3. The highest BCUT2D eigenvalue weighted by Gasteiger charge is 2.28. The standard InChI is InChI=1S/C19H18FNO2/c1-23-19(22)21-12-11-16(14-5-3-2-4-6-14)13-18(21)15-7-9-17(20)10-8-15/h2-10,13,18H,11-12H2,1H3. The van der Waals surface area contributed by atoms with E-state index in [9.17, 15) is 9.18 Å². The van der Waals surface area contributed by atoms with E-state index in [0.29, 0.717) is 6.54 Å². The molecule has 2 aromatic rings. The lowest BCUT2D eigenvalue weighted by Crippen LogP contribution is -2.37. The monoisotopic (exact) mass is 311 g/mol. The molecule has 0 radical (unpaired) electrons. The molecule has 1 atom stereocenters. The molecule has 3 rings (SSSR count). The van der Waals surface area contributed by atoms with Gasteiger partial charge in [-0.05, 0) is 35.3 Å². The number of hydrogen-bond donors (Lipinski definition) is 0. The summed E-state index contributed by atoms with van der Waals surface area (Å²) in [5.74, 6) is -0.290. The number of hydrogen-bond acceptors (Lipinski definition) is 2. The Kier molecular flexibility index (Phi) is 4.42. The number of carbonyl (C=O) groups is 1. The van der Waals surface area contributed by atoms with E-state index in [4.69, 9.17) is 4.74 Å². The summed E-state index contributed by atoms with van der Waals surface area (Å²) >= 11 is 0. The molecule has 1 aliphatic rings. The van der Waals surface area contributed by atoms with Gasteiger partial charge in [0.2, 0.25) is 0 Å². The third-order valence-corrected chi connectivity index (χ3v) is 4.08. The van der Waals surface area contributed by atoms with Crippen molar-refractivity contribution in [1.82, 2.24) is 4.90 Å². The second-order valence-corrected chi connectivity index (χ2v) is 5.47. The molecule has 23 heavy (non-hydrogen) atoms. The Balaban J connectivity index is 2.00. The van der Waals surface area contributed by atoms with Crippen LogP contribution in [0, 0.1) is 5.82 Å². The summed E-state index contributed by atoms with van der Waals surface area (Å²) in [5.41, 5.74) is 3.19. The van der Waals surface area contributed by atoms with Crippen molar-refractivity contribution in [2.24, 2.45) is 0 Å². The summed E-state index contributed by atoms with van der Waals surface area (Å²) in [6, 6.07) is 16.1. The normalized spacial score (nSPS) is 17.6. The molecule has 0 saturated carbocycles. The van der Waals surface area contributed by atoms with Crippen molar-refractivity contribution >= 4 is 11.7 Å². The van der Waals surface area contributed by atoms with E-state index < -0.39 is 0 Å². The summed E-state index contributed by atoms with van der Waals surface area (Å²) < 4.78 is 18.1. The molecule has 1 unspecified atom stereocenters. The van der Waals surface area contributed by atoms with Crippen molar-refractivity contribution in [2.45, 2.75) is 12.5 Å². The minimum atomic E-state index is -0.373. The molecule has 0 aromatic heterocycles. The van der Waals surface area contributed by atoms with E-state index in [1.54, 1.807) is 17.0 Å². The molecular formula is C19H18FNO2. The van der Waals surface area contributed by atoms with Crippen molar-refractivity contribution in [3.63, 3.8) is 0 Å². The van der Waals surface area contributed by atoms with Gasteiger partial charge in [-0.1, -0.05) is 48.5 Å². The van der Waals surface area contributed by atoms with Crippen LogP contribution in [-0.4, -0.2) is 24.6 Å². The Morgan fingerprint density at radius 2 is 1.83 bits per heavy atom. The van der Waals surface area contributed by atoms with Crippen LogP contribution in [0.15, 0.2) is 60.7 Å². The quantitative estimate of drug-likeness (QED) is 0.821. The Bertz CT molecular complexity index is 710. The number of halogens is 1. The molecule has 1 amide bonds. The maximum Gasteiger partial charge on any atom is 0.410 e. The van der Waals surface area contributed by atoms with E-state index in [1.807, 2.05) is 18.2 Å². The van der Waals surface area contributed by atoms with Crippen LogP contribution in [-0.2, 0) is 4.74 Å². The minimum absolute atomic E-state index is 0.257. The van der Waals surface area contributed by atoms with Gasteiger partial charge in [-0.3, -0.25) is 4.90 Å². The zero-order chi connectivity index (χ0) is 16.2. The molecule has 4 heteroatoms. The molecule has 3 nitrogen and oxygen atoms in total. The zero-order valence-electron chi connectivity index (χ0n) is 12.9. The lowest BCUT2D eigenvalue weighted by molar-refractivity contribution is 0.112. The van der Waals surface area contributed by atoms with Gasteiger partial charge >= 0.3 is 6.09 Å². The highest BCUT2D eigenvalue weighted by atomic mass is 19.1. The lowest BCUT2D eigenvalue weighted by atomic mass is 9.92. The minimum Gasteiger partial charge on any atom is -0.453 e. The smallest absolute Gasteiger partial charge is 0.410 e. The van der Waals surface area contributed by atoms with Gasteiger partial charge < -0.3 is 4.74 Å². The van der Waals surface area contributed by atoms with Gasteiger partial charge in [-0.15, -0.1) is 0 Å². The fourth-order valence-corrected chi connectivity index (χ4v) is 2.89. The van der Waals surface area contributed by atoms with Gasteiger partial charge in [-0.25, -0.2) is 9.18 Å². The Labute approximate surface area is 135 Å². The Hall–Kier alpha value is -2.62. The summed E-state index contributed by atoms with van der Waals surface area (Å²) in [4.78, 5) is 13.7. The number of benzene rings is 2. The van der Waals surface area contributed by atoms with Crippen LogP contribution in [0.5, 0.6) is 0 Å². The molecule has 0 N–H and O–H groups in total. The van der Waals surface area contributed by atoms with Gasteiger partial charge in [-0.2, -0.15) is 0 Å². The number of nitrogens with zero attached hydrogens (tertiary/aromatic N) is 1. The summed E-state index contributed by atoms with van der Waals surface area (Å²) in [6.07, 6.45) is 2.45. The second-order valence-electron chi connectivity index (χ2n) is 5.47. The predicted octanol–water partition coefficient (Wildman–Crippen LogP) is 4.42.